The van der Waals surface area contributed by atoms with E-state index in [0.717, 1.165) is 16.1 Å². The van der Waals surface area contributed by atoms with Crippen LogP contribution in [0.4, 0.5) is 5.69 Å². The summed E-state index contributed by atoms with van der Waals surface area (Å²) >= 11 is 1.45. The first-order valence-corrected chi connectivity index (χ1v) is 7.14. The Morgan fingerprint density at radius 3 is 2.85 bits per heavy atom. The van der Waals surface area contributed by atoms with Crippen LogP contribution in [-0.4, -0.2) is 12.5 Å². The smallest absolute Gasteiger partial charge is 0.256 e. The van der Waals surface area contributed by atoms with Gasteiger partial charge in [-0.2, -0.15) is 0 Å². The van der Waals surface area contributed by atoms with Crippen molar-refractivity contribution in [3.8, 4) is 11.8 Å². The lowest BCUT2D eigenvalue weighted by molar-refractivity contribution is 0.102. The summed E-state index contributed by atoms with van der Waals surface area (Å²) in [5.74, 6) is 5.59. The molecule has 0 aliphatic carbocycles. The molecule has 0 aliphatic heterocycles. The van der Waals surface area contributed by atoms with Crippen LogP contribution in [0, 0.1) is 25.7 Å². The lowest BCUT2D eigenvalue weighted by Gasteiger charge is -2.08. The molecule has 0 fully saturated rings. The Labute approximate surface area is 122 Å². The quantitative estimate of drug-likeness (QED) is 0.833. The highest BCUT2D eigenvalue weighted by atomic mass is 32.1. The van der Waals surface area contributed by atoms with Crippen LogP contribution < -0.4 is 11.1 Å². The van der Waals surface area contributed by atoms with E-state index in [-0.39, 0.29) is 5.91 Å². The summed E-state index contributed by atoms with van der Waals surface area (Å²) in [6.07, 6.45) is 0. The van der Waals surface area contributed by atoms with E-state index in [9.17, 15) is 4.79 Å². The minimum absolute atomic E-state index is 0.117. The number of hydrogen-bond donors (Lipinski definition) is 2. The van der Waals surface area contributed by atoms with E-state index in [0.29, 0.717) is 12.1 Å². The number of hydrogen-bond acceptors (Lipinski definition) is 3. The molecule has 0 bridgehead atoms. The summed E-state index contributed by atoms with van der Waals surface area (Å²) in [5, 5.41) is 4.72. The van der Waals surface area contributed by atoms with Crippen molar-refractivity contribution < 1.29 is 4.79 Å². The molecule has 3 nitrogen and oxygen atoms in total. The van der Waals surface area contributed by atoms with Crippen molar-refractivity contribution in [3.63, 3.8) is 0 Å². The van der Waals surface area contributed by atoms with Crippen molar-refractivity contribution in [2.45, 2.75) is 13.8 Å². The molecule has 20 heavy (non-hydrogen) atoms. The molecule has 1 aromatic carbocycles. The van der Waals surface area contributed by atoms with Gasteiger partial charge in [0.15, 0.2) is 0 Å². The molecule has 2 rings (SSSR count). The van der Waals surface area contributed by atoms with Gasteiger partial charge in [0.25, 0.3) is 5.91 Å². The average molecular weight is 284 g/mol. The second-order valence-corrected chi connectivity index (χ2v) is 5.39. The maximum absolute atomic E-state index is 12.2. The predicted molar refractivity (Wildman–Crippen MR) is 84.1 cm³/mol. The molecular weight excluding hydrogens is 268 g/mol. The van der Waals surface area contributed by atoms with Crippen LogP contribution in [0.25, 0.3) is 0 Å². The highest BCUT2D eigenvalue weighted by Gasteiger charge is 2.09. The van der Waals surface area contributed by atoms with Gasteiger partial charge in [0.2, 0.25) is 0 Å². The molecule has 0 unspecified atom stereocenters. The van der Waals surface area contributed by atoms with Gasteiger partial charge in [-0.05, 0) is 31.5 Å². The molecule has 0 atom stereocenters. The van der Waals surface area contributed by atoms with Gasteiger partial charge in [-0.1, -0.05) is 29.5 Å². The van der Waals surface area contributed by atoms with E-state index >= 15 is 0 Å². The highest BCUT2D eigenvalue weighted by Crippen LogP contribution is 2.19. The second-order valence-electron chi connectivity index (χ2n) is 4.48. The first kappa shape index (κ1) is 14.3. The van der Waals surface area contributed by atoms with Crippen molar-refractivity contribution in [2.24, 2.45) is 5.73 Å². The Hall–Kier alpha value is -2.09. The van der Waals surface area contributed by atoms with Crippen molar-refractivity contribution in [1.29, 1.82) is 0 Å². The molecule has 2 aromatic rings. The van der Waals surface area contributed by atoms with E-state index in [2.05, 4.69) is 17.2 Å². The van der Waals surface area contributed by atoms with E-state index in [1.165, 1.54) is 16.9 Å². The summed E-state index contributed by atoms with van der Waals surface area (Å²) in [6.45, 7) is 4.33. The second kappa shape index (κ2) is 6.38. The fraction of sp³-hybridized carbons (Fsp3) is 0.188. The normalized spacial score (nSPS) is 9.75. The Bertz CT molecular complexity index is 692. The van der Waals surface area contributed by atoms with Gasteiger partial charge in [0, 0.05) is 11.1 Å². The number of carbonyl (C=O) groups excluding carboxylic acids is 1. The Kier molecular flexibility index (Phi) is 4.57. The Balaban J connectivity index is 2.13. The molecule has 4 heteroatoms. The summed E-state index contributed by atoms with van der Waals surface area (Å²) < 4.78 is 0. The molecule has 102 valence electrons. The van der Waals surface area contributed by atoms with E-state index in [1.54, 1.807) is 11.4 Å². The van der Waals surface area contributed by atoms with Crippen molar-refractivity contribution in [1.82, 2.24) is 0 Å². The fourth-order valence-electron chi connectivity index (χ4n) is 1.81. The predicted octanol–water partition coefficient (Wildman–Crippen LogP) is 2.93. The number of benzene rings is 1. The van der Waals surface area contributed by atoms with Gasteiger partial charge in [0.05, 0.1) is 17.0 Å². The molecule has 0 aliphatic rings. The molecule has 3 N–H and O–H groups in total. The van der Waals surface area contributed by atoms with Crippen LogP contribution in [0.1, 0.15) is 26.4 Å². The van der Waals surface area contributed by atoms with Crippen molar-refractivity contribution >= 4 is 22.9 Å². The van der Waals surface area contributed by atoms with Gasteiger partial charge in [-0.3, -0.25) is 4.79 Å². The van der Waals surface area contributed by atoms with Crippen LogP contribution in [0.2, 0.25) is 0 Å². The molecule has 1 aromatic heterocycles. The number of nitrogens with one attached hydrogen (secondary N) is 1. The molecule has 0 radical (unpaired) electrons. The summed E-state index contributed by atoms with van der Waals surface area (Å²) in [7, 11) is 0. The largest absolute Gasteiger partial charge is 0.322 e. The van der Waals surface area contributed by atoms with Gasteiger partial charge < -0.3 is 11.1 Å². The van der Waals surface area contributed by atoms with Gasteiger partial charge >= 0.3 is 0 Å². The van der Waals surface area contributed by atoms with Gasteiger partial charge in [0.1, 0.15) is 0 Å². The number of amides is 1. The first-order chi connectivity index (χ1) is 9.60. The van der Waals surface area contributed by atoms with E-state index in [1.807, 2.05) is 32.0 Å². The number of rotatable bonds is 2. The maximum Gasteiger partial charge on any atom is 0.256 e. The minimum atomic E-state index is -0.117. The van der Waals surface area contributed by atoms with E-state index < -0.39 is 0 Å². The Morgan fingerprint density at radius 2 is 2.15 bits per heavy atom. The van der Waals surface area contributed by atoms with Crippen LogP contribution in [-0.2, 0) is 0 Å². The molecule has 0 spiro atoms. The molecule has 1 heterocycles. The monoisotopic (exact) mass is 284 g/mol. The molecular formula is C16H16N2OS. The number of thiophene rings is 1. The summed E-state index contributed by atoms with van der Waals surface area (Å²) in [4.78, 5) is 13.0. The zero-order chi connectivity index (χ0) is 14.5. The zero-order valence-corrected chi connectivity index (χ0v) is 12.3. The van der Waals surface area contributed by atoms with Crippen LogP contribution in [0.15, 0.2) is 29.6 Å². The summed E-state index contributed by atoms with van der Waals surface area (Å²) in [6, 6.07) is 7.73. The third-order valence-corrected chi connectivity index (χ3v) is 3.65. The summed E-state index contributed by atoms with van der Waals surface area (Å²) in [5.41, 5.74) is 9.01. The number of carbonyl (C=O) groups is 1. The standard InChI is InChI=1S/C16H16N2OS/c1-11-5-6-15(12(2)8-11)18-16(19)13-9-14(20-10-13)4-3-7-17/h5-6,8-10H,7,17H2,1-2H3,(H,18,19). The number of aryl methyl sites for hydroxylation is 2. The van der Waals surface area contributed by atoms with Crippen LogP contribution in [0.3, 0.4) is 0 Å². The maximum atomic E-state index is 12.2. The van der Waals surface area contributed by atoms with Gasteiger partial charge in [-0.15, -0.1) is 11.3 Å². The lowest BCUT2D eigenvalue weighted by atomic mass is 10.1. The third-order valence-electron chi connectivity index (χ3n) is 2.81. The Morgan fingerprint density at radius 1 is 1.35 bits per heavy atom. The average Bonchev–Trinajstić information content (AvgIpc) is 2.88. The first-order valence-electron chi connectivity index (χ1n) is 6.26. The topological polar surface area (TPSA) is 55.1 Å². The lowest BCUT2D eigenvalue weighted by Crippen LogP contribution is -2.11. The highest BCUT2D eigenvalue weighted by molar-refractivity contribution is 7.10. The fourth-order valence-corrected chi connectivity index (χ4v) is 2.56. The van der Waals surface area contributed by atoms with Crippen molar-refractivity contribution in [2.75, 3.05) is 11.9 Å². The molecule has 0 saturated carbocycles. The third kappa shape index (κ3) is 3.47. The van der Waals surface area contributed by atoms with Crippen LogP contribution in [0.5, 0.6) is 0 Å². The van der Waals surface area contributed by atoms with E-state index in [4.69, 9.17) is 5.73 Å². The zero-order valence-electron chi connectivity index (χ0n) is 11.5. The number of nitrogens with two attached hydrogens (primary N) is 1. The van der Waals surface area contributed by atoms with Crippen molar-refractivity contribution in [3.05, 3.63) is 51.2 Å². The SMILES string of the molecule is Cc1ccc(NC(=O)c2csc(C#CCN)c2)c(C)c1. The minimum Gasteiger partial charge on any atom is -0.322 e. The van der Waals surface area contributed by atoms with Crippen LogP contribution >= 0.6 is 11.3 Å². The number of anilines is 1. The molecule has 1 amide bonds. The molecule has 0 saturated heterocycles. The van der Waals surface area contributed by atoms with Gasteiger partial charge in [-0.25, -0.2) is 0 Å².